The molecule has 3 aromatic rings. The number of amides is 1. The van der Waals surface area contributed by atoms with E-state index in [1.807, 2.05) is 24.3 Å². The molecule has 6 nitrogen and oxygen atoms in total. The van der Waals surface area contributed by atoms with E-state index in [-0.39, 0.29) is 5.82 Å². The molecule has 0 radical (unpaired) electrons. The maximum atomic E-state index is 13.5. The van der Waals surface area contributed by atoms with Crippen LogP contribution in [0.15, 0.2) is 60.7 Å². The number of hydrogen-bond donors (Lipinski definition) is 1. The number of aromatic nitrogens is 1. The molecule has 7 heteroatoms. The molecule has 0 aliphatic heterocycles. The average molecular weight is 432 g/mol. The number of ether oxygens (including phenoxy) is 1. The summed E-state index contributed by atoms with van der Waals surface area (Å²) in [7, 11) is 1.62. The van der Waals surface area contributed by atoms with Crippen molar-refractivity contribution in [3.8, 4) is 17.3 Å². The number of anilines is 2. The third-order valence-corrected chi connectivity index (χ3v) is 4.98. The summed E-state index contributed by atoms with van der Waals surface area (Å²) < 4.78 is 18.6. The standard InChI is InChI=1S/C25H25FN4O2/c1-32-15-5-14-30(18-31)24-11-10-23(22-9-3-2-7-20(22)17-27)29-25(24)28-13-12-19-6-4-8-21(26)16-19/h2-4,6-11,16,18H,5,12-15H2,1H3,(H,28,29). The second kappa shape index (κ2) is 11.6. The zero-order valence-electron chi connectivity index (χ0n) is 17.9. The highest BCUT2D eigenvalue weighted by atomic mass is 19.1. The molecule has 0 saturated heterocycles. The third kappa shape index (κ3) is 5.90. The third-order valence-electron chi connectivity index (χ3n) is 4.98. The molecule has 0 spiro atoms. The quantitative estimate of drug-likeness (QED) is 0.359. The molecule has 1 aromatic heterocycles. The summed E-state index contributed by atoms with van der Waals surface area (Å²) in [5.74, 6) is 0.248. The smallest absolute Gasteiger partial charge is 0.214 e. The molecule has 1 amide bonds. The molecule has 0 unspecified atom stereocenters. The first-order chi connectivity index (χ1) is 15.7. The van der Waals surface area contributed by atoms with Crippen LogP contribution in [0.25, 0.3) is 11.3 Å². The van der Waals surface area contributed by atoms with Gasteiger partial charge in [0, 0.05) is 32.4 Å². The highest BCUT2D eigenvalue weighted by Gasteiger charge is 2.15. The van der Waals surface area contributed by atoms with Gasteiger partial charge in [0.25, 0.3) is 0 Å². The molecule has 2 aromatic carbocycles. The van der Waals surface area contributed by atoms with Crippen LogP contribution in [0.3, 0.4) is 0 Å². The van der Waals surface area contributed by atoms with Gasteiger partial charge in [-0.25, -0.2) is 9.37 Å². The van der Waals surface area contributed by atoms with E-state index in [9.17, 15) is 14.4 Å². The Bertz CT molecular complexity index is 1100. The summed E-state index contributed by atoms with van der Waals surface area (Å²) in [6, 6.07) is 19.5. The van der Waals surface area contributed by atoms with Gasteiger partial charge in [0.15, 0.2) is 5.82 Å². The maximum absolute atomic E-state index is 13.5. The minimum atomic E-state index is -0.276. The molecule has 164 valence electrons. The van der Waals surface area contributed by atoms with E-state index in [4.69, 9.17) is 9.72 Å². The molecule has 0 aliphatic carbocycles. The predicted molar refractivity (Wildman–Crippen MR) is 123 cm³/mol. The second-order valence-electron chi connectivity index (χ2n) is 7.17. The highest BCUT2D eigenvalue weighted by molar-refractivity contribution is 5.83. The van der Waals surface area contributed by atoms with Gasteiger partial charge in [0.1, 0.15) is 5.82 Å². The number of halogens is 1. The molecule has 0 saturated carbocycles. The number of nitriles is 1. The van der Waals surface area contributed by atoms with Gasteiger partial charge in [-0.1, -0.05) is 30.3 Å². The molecule has 0 atom stereocenters. The fourth-order valence-corrected chi connectivity index (χ4v) is 3.39. The van der Waals surface area contributed by atoms with E-state index in [0.29, 0.717) is 60.9 Å². The van der Waals surface area contributed by atoms with Crippen molar-refractivity contribution < 1.29 is 13.9 Å². The zero-order chi connectivity index (χ0) is 22.8. The molecule has 32 heavy (non-hydrogen) atoms. The van der Waals surface area contributed by atoms with Crippen LogP contribution in [0.2, 0.25) is 0 Å². The van der Waals surface area contributed by atoms with Crippen molar-refractivity contribution in [2.45, 2.75) is 12.8 Å². The van der Waals surface area contributed by atoms with E-state index < -0.39 is 0 Å². The van der Waals surface area contributed by atoms with Gasteiger partial charge < -0.3 is 15.0 Å². The number of benzene rings is 2. The number of methoxy groups -OCH3 is 1. The van der Waals surface area contributed by atoms with Crippen molar-refractivity contribution in [2.24, 2.45) is 0 Å². The lowest BCUT2D eigenvalue weighted by Gasteiger charge is -2.21. The molecule has 1 N–H and O–H groups in total. The Morgan fingerprint density at radius 2 is 2.03 bits per heavy atom. The lowest BCUT2D eigenvalue weighted by atomic mass is 10.0. The largest absolute Gasteiger partial charge is 0.385 e. The van der Waals surface area contributed by atoms with Crippen molar-refractivity contribution in [3.63, 3.8) is 0 Å². The first-order valence-corrected chi connectivity index (χ1v) is 10.4. The van der Waals surface area contributed by atoms with Crippen LogP contribution in [0, 0.1) is 17.1 Å². The van der Waals surface area contributed by atoms with E-state index in [1.54, 1.807) is 36.3 Å². The first kappa shape index (κ1) is 22.9. The van der Waals surface area contributed by atoms with Crippen LogP contribution in [0.4, 0.5) is 15.9 Å². The fraction of sp³-hybridized carbons (Fsp3) is 0.240. The predicted octanol–water partition coefficient (Wildman–Crippen LogP) is 4.41. The average Bonchev–Trinajstić information content (AvgIpc) is 2.82. The van der Waals surface area contributed by atoms with Crippen LogP contribution in [-0.4, -0.2) is 38.2 Å². The van der Waals surface area contributed by atoms with Crippen LogP contribution in [0.1, 0.15) is 17.5 Å². The summed E-state index contributed by atoms with van der Waals surface area (Å²) >= 11 is 0. The van der Waals surface area contributed by atoms with Crippen molar-refractivity contribution in [2.75, 3.05) is 37.0 Å². The van der Waals surface area contributed by atoms with E-state index >= 15 is 0 Å². The molecule has 0 aliphatic rings. The van der Waals surface area contributed by atoms with Crippen LogP contribution in [-0.2, 0) is 16.0 Å². The highest BCUT2D eigenvalue weighted by Crippen LogP contribution is 2.29. The van der Waals surface area contributed by atoms with Crippen LogP contribution >= 0.6 is 0 Å². The Hall–Kier alpha value is -3.76. The summed E-state index contributed by atoms with van der Waals surface area (Å²) in [6.45, 7) is 1.51. The molecular weight excluding hydrogens is 407 g/mol. The van der Waals surface area contributed by atoms with Crippen molar-refractivity contribution in [1.82, 2.24) is 4.98 Å². The van der Waals surface area contributed by atoms with Gasteiger partial charge in [-0.3, -0.25) is 4.79 Å². The molecular formula is C25H25FN4O2. The Kier molecular flexibility index (Phi) is 8.29. The summed E-state index contributed by atoms with van der Waals surface area (Å²) in [6.07, 6.45) is 2.03. The summed E-state index contributed by atoms with van der Waals surface area (Å²) in [5.41, 5.74) is 3.35. The zero-order valence-corrected chi connectivity index (χ0v) is 17.9. The van der Waals surface area contributed by atoms with Gasteiger partial charge in [0.2, 0.25) is 6.41 Å². The number of carbonyl (C=O) groups is 1. The maximum Gasteiger partial charge on any atom is 0.214 e. The topological polar surface area (TPSA) is 78.2 Å². The Labute approximate surface area is 187 Å². The SMILES string of the molecule is COCCCN(C=O)c1ccc(-c2ccccc2C#N)nc1NCCc1cccc(F)c1. The van der Waals surface area contributed by atoms with E-state index in [0.717, 1.165) is 12.0 Å². The molecule has 0 bridgehead atoms. The Morgan fingerprint density at radius 3 is 2.78 bits per heavy atom. The lowest BCUT2D eigenvalue weighted by Crippen LogP contribution is -2.25. The fourth-order valence-electron chi connectivity index (χ4n) is 3.39. The van der Waals surface area contributed by atoms with Crippen molar-refractivity contribution >= 4 is 17.9 Å². The summed E-state index contributed by atoms with van der Waals surface area (Å²) in [5, 5.41) is 12.7. The monoisotopic (exact) mass is 432 g/mol. The van der Waals surface area contributed by atoms with Crippen LogP contribution < -0.4 is 10.2 Å². The number of nitrogens with zero attached hydrogens (tertiary/aromatic N) is 3. The normalized spacial score (nSPS) is 10.4. The summed E-state index contributed by atoms with van der Waals surface area (Å²) in [4.78, 5) is 18.1. The number of rotatable bonds is 11. The molecule has 1 heterocycles. The van der Waals surface area contributed by atoms with Gasteiger partial charge >= 0.3 is 0 Å². The van der Waals surface area contributed by atoms with Crippen molar-refractivity contribution in [1.29, 1.82) is 5.26 Å². The van der Waals surface area contributed by atoms with Crippen molar-refractivity contribution in [3.05, 3.63) is 77.6 Å². The number of carbonyl (C=O) groups excluding carboxylic acids is 1. The second-order valence-corrected chi connectivity index (χ2v) is 7.17. The Balaban J connectivity index is 1.89. The Morgan fingerprint density at radius 1 is 1.19 bits per heavy atom. The van der Waals surface area contributed by atoms with Gasteiger partial charge in [-0.2, -0.15) is 5.26 Å². The van der Waals surface area contributed by atoms with Crippen LogP contribution in [0.5, 0.6) is 0 Å². The number of hydrogen-bond acceptors (Lipinski definition) is 5. The van der Waals surface area contributed by atoms with E-state index in [1.165, 1.54) is 12.1 Å². The minimum absolute atomic E-state index is 0.276. The van der Waals surface area contributed by atoms with Gasteiger partial charge in [0.05, 0.1) is 23.0 Å². The minimum Gasteiger partial charge on any atom is -0.385 e. The number of pyridine rings is 1. The molecule has 0 fully saturated rings. The number of nitrogens with one attached hydrogen (secondary N) is 1. The van der Waals surface area contributed by atoms with Gasteiger partial charge in [-0.05, 0) is 48.7 Å². The van der Waals surface area contributed by atoms with Gasteiger partial charge in [-0.15, -0.1) is 0 Å². The lowest BCUT2D eigenvalue weighted by molar-refractivity contribution is -0.107. The molecule has 3 rings (SSSR count). The van der Waals surface area contributed by atoms with E-state index in [2.05, 4.69) is 11.4 Å². The first-order valence-electron chi connectivity index (χ1n) is 10.4.